The lowest BCUT2D eigenvalue weighted by Gasteiger charge is -1.96. The Kier molecular flexibility index (Phi) is 4.03. The minimum Gasteiger partial charge on any atom is -0.495 e. The van der Waals surface area contributed by atoms with Gasteiger partial charge in [0, 0.05) is 0 Å². The molecule has 1 aromatic rings. The summed E-state index contributed by atoms with van der Waals surface area (Å²) in [6, 6.07) is 16.7. The third-order valence-electron chi connectivity index (χ3n) is 1.67. The average Bonchev–Trinajstić information content (AvgIpc) is 2.24. The van der Waals surface area contributed by atoms with Gasteiger partial charge in [0.1, 0.15) is 11.8 Å². The zero-order chi connectivity index (χ0) is 10.2. The zero-order valence-corrected chi connectivity index (χ0v) is 7.97. The highest BCUT2D eigenvalue weighted by molar-refractivity contribution is 5.40. The van der Waals surface area contributed by atoms with Crippen molar-refractivity contribution in [3.8, 4) is 11.8 Å². The highest BCUT2D eigenvalue weighted by atomic mass is 16.5. The van der Waals surface area contributed by atoms with Crippen LogP contribution in [0.4, 0.5) is 0 Å². The molecule has 0 radical (unpaired) electrons. The lowest BCUT2D eigenvalue weighted by atomic mass is 10.2. The maximum atomic E-state index is 8.86. The summed E-state index contributed by atoms with van der Waals surface area (Å²) in [6.45, 7) is 0. The summed E-state index contributed by atoms with van der Waals surface area (Å²) in [5.74, 6) is 0.573. The summed E-state index contributed by atoms with van der Waals surface area (Å²) in [6.07, 6.45) is 0. The van der Waals surface area contributed by atoms with Crippen LogP contribution in [-0.2, 0) is 0 Å². The summed E-state index contributed by atoms with van der Waals surface area (Å²) < 4.78 is 5.09. The van der Waals surface area contributed by atoms with Gasteiger partial charge in [-0.1, -0.05) is 36.4 Å². The summed E-state index contributed by atoms with van der Waals surface area (Å²) in [4.78, 5) is 0. The van der Waals surface area contributed by atoms with Crippen molar-refractivity contribution in [3.63, 3.8) is 0 Å². The topological polar surface area (TPSA) is 33.0 Å². The van der Waals surface area contributed by atoms with E-state index < -0.39 is 0 Å². The fourth-order valence-corrected chi connectivity index (χ4v) is 0.994. The first-order valence-electron chi connectivity index (χ1n) is 4.25. The predicted octanol–water partition coefficient (Wildman–Crippen LogP) is 2.69. The maximum absolute atomic E-state index is 8.86. The van der Waals surface area contributed by atoms with Crippen LogP contribution >= 0.6 is 0 Å². The van der Waals surface area contributed by atoms with Gasteiger partial charge in [-0.2, -0.15) is 5.26 Å². The third-order valence-corrected chi connectivity index (χ3v) is 1.67. The molecule has 0 spiro atoms. The van der Waals surface area contributed by atoms with Crippen molar-refractivity contribution in [1.29, 1.82) is 5.26 Å². The van der Waals surface area contributed by atoms with Gasteiger partial charge in [0.25, 0.3) is 0 Å². The molecule has 0 saturated heterocycles. The highest BCUT2D eigenvalue weighted by Crippen LogP contribution is 2.12. The number of methoxy groups -OCH3 is 1. The van der Waals surface area contributed by atoms with E-state index in [4.69, 9.17) is 10.00 Å². The molecule has 70 valence electrons. The number of nitrogens with zero attached hydrogens (tertiary/aromatic N) is 1. The van der Waals surface area contributed by atoms with Crippen molar-refractivity contribution in [2.75, 3.05) is 7.11 Å². The molecule has 0 saturated carbocycles. The molecule has 0 fully saturated rings. The van der Waals surface area contributed by atoms with Crippen LogP contribution in [0.2, 0.25) is 0 Å². The molecule has 0 aliphatic carbocycles. The zero-order valence-electron chi connectivity index (χ0n) is 7.97. The lowest BCUT2D eigenvalue weighted by Crippen LogP contribution is -1.84. The predicted molar refractivity (Wildman–Crippen MR) is 55.3 cm³/mol. The number of rotatable bonds is 1. The average molecular weight is 185 g/mol. The second kappa shape index (κ2) is 5.60. The molecule has 0 bridgehead atoms. The smallest absolute Gasteiger partial charge is 0.136 e. The third kappa shape index (κ3) is 2.80. The molecule has 0 aliphatic heterocycles. The van der Waals surface area contributed by atoms with Crippen LogP contribution in [0.15, 0.2) is 48.5 Å². The van der Waals surface area contributed by atoms with Gasteiger partial charge >= 0.3 is 0 Å². The quantitative estimate of drug-likeness (QED) is 0.673. The molecular formula is C12H11NO. The van der Waals surface area contributed by atoms with Crippen molar-refractivity contribution < 1.29 is 4.74 Å². The van der Waals surface area contributed by atoms with Crippen LogP contribution < -0.4 is 4.74 Å². The minimum absolute atomic E-state index is 0.517. The number of hydrogen-bond donors (Lipinski definition) is 0. The van der Waals surface area contributed by atoms with Crippen LogP contribution in [0.3, 0.4) is 0 Å². The van der Waals surface area contributed by atoms with Gasteiger partial charge < -0.3 is 4.74 Å². The molecule has 2 nitrogen and oxygen atoms in total. The molecule has 0 N–H and O–H groups in total. The highest BCUT2D eigenvalue weighted by Gasteiger charge is 1.94. The molecule has 0 aromatic heterocycles. The van der Waals surface area contributed by atoms with Crippen molar-refractivity contribution >= 4 is 0 Å². The molecule has 0 atom stereocenters. The normalized spacial score (nSPS) is 8.29. The van der Waals surface area contributed by atoms with Crippen molar-refractivity contribution in [2.45, 2.75) is 0 Å². The van der Waals surface area contributed by atoms with Crippen LogP contribution in [0.5, 0.6) is 5.75 Å². The van der Waals surface area contributed by atoms with Gasteiger partial charge in [0.2, 0.25) is 0 Å². The van der Waals surface area contributed by atoms with Gasteiger partial charge in [0.15, 0.2) is 0 Å². The largest absolute Gasteiger partial charge is 0.495 e. The van der Waals surface area contributed by atoms with E-state index in [1.165, 1.54) is 0 Å². The fraction of sp³-hybridized carbons (Fsp3) is 0.0833. The summed E-state index contributed by atoms with van der Waals surface area (Å²) in [5, 5.41) is 8.86. The number of ether oxygens (including phenoxy) is 1. The van der Waals surface area contributed by atoms with Crippen LogP contribution in [-0.4, -0.2) is 7.11 Å². The molecule has 0 amide bonds. The van der Waals surface area contributed by atoms with E-state index in [9.17, 15) is 0 Å². The van der Waals surface area contributed by atoms with Gasteiger partial charge in [0.05, 0.1) is 12.7 Å². The molecule has 0 heterocycles. The molecule has 0 unspecified atom stereocenters. The molecule has 2 heteroatoms. The van der Waals surface area contributed by atoms with E-state index in [0.717, 1.165) is 0 Å². The van der Waals surface area contributed by atoms with E-state index in [-0.39, 0.29) is 0 Å². The second-order valence-corrected chi connectivity index (χ2v) is 2.58. The number of nitriles is 1. The van der Waals surface area contributed by atoms with E-state index in [0.29, 0.717) is 11.3 Å². The summed E-state index contributed by atoms with van der Waals surface area (Å²) in [5.41, 5.74) is 0.517. The molecule has 0 aliphatic rings. The van der Waals surface area contributed by atoms with Gasteiger partial charge in [-0.15, -0.1) is 0 Å². The molecular weight excluding hydrogens is 174 g/mol. The van der Waals surface area contributed by atoms with E-state index in [2.05, 4.69) is 6.07 Å². The lowest BCUT2D eigenvalue weighted by molar-refractivity contribution is 0.414. The molecule has 14 heavy (non-hydrogen) atoms. The Balaban J connectivity index is 3.36. The Morgan fingerprint density at radius 1 is 1.00 bits per heavy atom. The summed E-state index contributed by atoms with van der Waals surface area (Å²) in [7, 11) is 1.55. The summed E-state index contributed by atoms with van der Waals surface area (Å²) >= 11 is 0. The van der Waals surface area contributed by atoms with Gasteiger partial charge in [-0.3, -0.25) is 0 Å². The minimum atomic E-state index is 0.517. The van der Waals surface area contributed by atoms with Crippen LogP contribution in [0.1, 0.15) is 5.56 Å². The van der Waals surface area contributed by atoms with Crippen molar-refractivity contribution in [1.82, 2.24) is 0 Å². The first-order chi connectivity index (χ1) is 6.88. The fourth-order valence-electron chi connectivity index (χ4n) is 0.994. The van der Waals surface area contributed by atoms with E-state index in [1.807, 2.05) is 30.3 Å². The molecule has 1 rings (SSSR count). The Labute approximate surface area is 83.7 Å². The Morgan fingerprint density at radius 2 is 1.57 bits per heavy atom. The van der Waals surface area contributed by atoms with Crippen LogP contribution in [0.25, 0.3) is 0 Å². The monoisotopic (exact) mass is 185 g/mol. The standard InChI is InChI=1S/C12H11NO/c1-14-12-9-7-5-3-2-4-6-8-11(12)10-13/h2-9H,1H3. The Hall–Kier alpha value is -2.01. The van der Waals surface area contributed by atoms with Gasteiger partial charge in [-0.25, -0.2) is 0 Å². The Bertz CT molecular complexity index is 392. The van der Waals surface area contributed by atoms with E-state index >= 15 is 0 Å². The van der Waals surface area contributed by atoms with Gasteiger partial charge in [-0.05, 0) is 12.1 Å². The van der Waals surface area contributed by atoms with Crippen molar-refractivity contribution in [3.05, 3.63) is 54.1 Å². The molecule has 1 aromatic carbocycles. The first kappa shape index (κ1) is 10.1. The van der Waals surface area contributed by atoms with Crippen molar-refractivity contribution in [2.24, 2.45) is 0 Å². The first-order valence-corrected chi connectivity index (χ1v) is 4.25. The SMILES string of the molecule is COc1ccccccccc1C#N. The number of hydrogen-bond acceptors (Lipinski definition) is 2. The second-order valence-electron chi connectivity index (χ2n) is 2.58. The van der Waals surface area contributed by atoms with E-state index in [1.54, 1.807) is 25.3 Å². The maximum Gasteiger partial charge on any atom is 0.136 e. The Morgan fingerprint density at radius 3 is 2.14 bits per heavy atom. The van der Waals surface area contributed by atoms with Crippen LogP contribution in [0, 0.1) is 11.3 Å².